The highest BCUT2D eigenvalue weighted by atomic mass is 19.1. The van der Waals surface area contributed by atoms with Crippen molar-refractivity contribution < 1.29 is 14.3 Å². The van der Waals surface area contributed by atoms with Gasteiger partial charge in [-0.2, -0.15) is 0 Å². The fourth-order valence-electron chi connectivity index (χ4n) is 4.45. The third-order valence-electron chi connectivity index (χ3n) is 6.54. The van der Waals surface area contributed by atoms with E-state index in [1.54, 1.807) is 42.5 Å². The van der Waals surface area contributed by atoms with E-state index in [0.717, 1.165) is 23.1 Å². The number of aromatic nitrogens is 3. The lowest BCUT2D eigenvalue weighted by Crippen LogP contribution is -2.33. The maximum absolute atomic E-state index is 13.9. The van der Waals surface area contributed by atoms with Crippen LogP contribution in [0.4, 0.5) is 10.1 Å². The Labute approximate surface area is 219 Å². The number of aromatic hydroxyl groups is 1. The molecule has 0 spiro atoms. The Morgan fingerprint density at radius 3 is 2.66 bits per heavy atom. The number of halogens is 1. The van der Waals surface area contributed by atoms with Crippen molar-refractivity contribution >= 4 is 39.2 Å². The summed E-state index contributed by atoms with van der Waals surface area (Å²) in [5, 5.41) is 11.6. The van der Waals surface area contributed by atoms with Crippen LogP contribution in [0.25, 0.3) is 21.9 Å². The molecule has 38 heavy (non-hydrogen) atoms. The smallest absolute Gasteiger partial charge is 0.253 e. The lowest BCUT2D eigenvalue weighted by molar-refractivity contribution is 0.0786. The van der Waals surface area contributed by atoms with Crippen molar-refractivity contribution in [3.8, 4) is 5.88 Å². The molecule has 2 N–H and O–H groups in total. The summed E-state index contributed by atoms with van der Waals surface area (Å²) >= 11 is 0. The van der Waals surface area contributed by atoms with Crippen LogP contribution < -0.4 is 0 Å². The highest BCUT2D eigenvalue weighted by molar-refractivity contribution is 6.22. The number of likely N-dealkylation sites (N-methyl/N-ethyl adjacent to an activating group) is 2. The van der Waals surface area contributed by atoms with Gasteiger partial charge in [0.15, 0.2) is 5.88 Å². The largest absolute Gasteiger partial charge is 0.494 e. The number of aryl methyl sites for hydroxylation is 1. The lowest BCUT2D eigenvalue weighted by atomic mass is 10.00. The zero-order chi connectivity index (χ0) is 27.0. The molecular weight excluding hydrogens is 483 g/mol. The summed E-state index contributed by atoms with van der Waals surface area (Å²) in [5.74, 6) is -0.643. The number of nitrogens with one attached hydrogen (secondary N) is 1. The molecule has 5 aromatic rings. The van der Waals surface area contributed by atoms with Gasteiger partial charge in [-0.05, 0) is 62.6 Å². The SMILES string of the molecule is CN(C)CCN(C)C(=O)c1cccc(N=C(c2ccc3c(c2)ncn3C)c2c(O)[nH]c3cc(F)ccc23)c1. The van der Waals surface area contributed by atoms with E-state index < -0.39 is 5.82 Å². The van der Waals surface area contributed by atoms with Gasteiger partial charge in [0.1, 0.15) is 5.82 Å². The zero-order valence-corrected chi connectivity index (χ0v) is 21.7. The molecule has 0 saturated carbocycles. The molecule has 3 aromatic carbocycles. The van der Waals surface area contributed by atoms with Gasteiger partial charge in [-0.1, -0.05) is 12.1 Å². The van der Waals surface area contributed by atoms with Gasteiger partial charge in [0.2, 0.25) is 0 Å². The Kier molecular flexibility index (Phi) is 6.69. The maximum Gasteiger partial charge on any atom is 0.253 e. The molecule has 0 bridgehead atoms. The molecule has 0 aliphatic carbocycles. The quantitative estimate of drug-likeness (QED) is 0.309. The van der Waals surface area contributed by atoms with E-state index in [4.69, 9.17) is 4.99 Å². The van der Waals surface area contributed by atoms with Gasteiger partial charge in [-0.3, -0.25) is 4.79 Å². The number of hydrogen-bond acceptors (Lipinski definition) is 5. The Morgan fingerprint density at radius 2 is 1.87 bits per heavy atom. The minimum absolute atomic E-state index is 0.106. The highest BCUT2D eigenvalue weighted by Gasteiger charge is 2.20. The van der Waals surface area contributed by atoms with Crippen molar-refractivity contribution in [2.75, 3.05) is 34.2 Å². The molecule has 0 aliphatic rings. The zero-order valence-electron chi connectivity index (χ0n) is 21.7. The van der Waals surface area contributed by atoms with Crippen molar-refractivity contribution in [3.05, 3.63) is 89.5 Å². The van der Waals surface area contributed by atoms with Gasteiger partial charge in [-0.15, -0.1) is 0 Å². The first kappa shape index (κ1) is 25.2. The van der Waals surface area contributed by atoms with Crippen LogP contribution >= 0.6 is 0 Å². The third kappa shape index (κ3) is 4.88. The van der Waals surface area contributed by atoms with Crippen molar-refractivity contribution in [3.63, 3.8) is 0 Å². The third-order valence-corrected chi connectivity index (χ3v) is 6.54. The topological polar surface area (TPSA) is 89.8 Å². The molecule has 194 valence electrons. The van der Waals surface area contributed by atoms with Crippen LogP contribution in [-0.2, 0) is 7.05 Å². The van der Waals surface area contributed by atoms with Crippen LogP contribution in [-0.4, -0.2) is 75.3 Å². The van der Waals surface area contributed by atoms with E-state index in [-0.39, 0.29) is 11.8 Å². The van der Waals surface area contributed by atoms with Crippen molar-refractivity contribution in [2.45, 2.75) is 0 Å². The highest BCUT2D eigenvalue weighted by Crippen LogP contribution is 2.32. The second-order valence-electron chi connectivity index (χ2n) is 9.64. The molecule has 2 aromatic heterocycles. The summed E-state index contributed by atoms with van der Waals surface area (Å²) in [4.78, 5) is 29.0. The minimum Gasteiger partial charge on any atom is -0.494 e. The predicted octanol–water partition coefficient (Wildman–Crippen LogP) is 4.70. The normalized spacial score (nSPS) is 12.1. The number of nitrogens with zero attached hydrogens (tertiary/aromatic N) is 5. The van der Waals surface area contributed by atoms with Crippen LogP contribution in [0.3, 0.4) is 0 Å². The first-order valence-electron chi connectivity index (χ1n) is 12.2. The van der Waals surface area contributed by atoms with Crippen molar-refractivity contribution in [1.29, 1.82) is 0 Å². The summed E-state index contributed by atoms with van der Waals surface area (Å²) in [6.45, 7) is 1.34. The van der Waals surface area contributed by atoms with E-state index >= 15 is 0 Å². The molecule has 1 amide bonds. The number of aromatic amines is 1. The Bertz CT molecular complexity index is 1680. The molecule has 0 aliphatic heterocycles. The van der Waals surface area contributed by atoms with Gasteiger partial charge >= 0.3 is 0 Å². The van der Waals surface area contributed by atoms with E-state index in [2.05, 4.69) is 9.97 Å². The molecule has 0 atom stereocenters. The number of amides is 1. The van der Waals surface area contributed by atoms with E-state index in [1.165, 1.54) is 12.1 Å². The Morgan fingerprint density at radius 1 is 1.05 bits per heavy atom. The number of H-pyrrole nitrogens is 1. The van der Waals surface area contributed by atoms with E-state index in [0.29, 0.717) is 40.0 Å². The van der Waals surface area contributed by atoms with Crippen LogP contribution in [0.2, 0.25) is 0 Å². The summed E-state index contributed by atoms with van der Waals surface area (Å²) in [7, 11) is 7.62. The van der Waals surface area contributed by atoms with Gasteiger partial charge < -0.3 is 24.5 Å². The first-order chi connectivity index (χ1) is 18.2. The maximum atomic E-state index is 13.9. The van der Waals surface area contributed by atoms with Crippen LogP contribution in [0.15, 0.2) is 72.0 Å². The second kappa shape index (κ2) is 10.1. The monoisotopic (exact) mass is 512 g/mol. The average Bonchev–Trinajstić information content (AvgIpc) is 3.43. The van der Waals surface area contributed by atoms with Crippen LogP contribution in [0.1, 0.15) is 21.5 Å². The molecule has 5 rings (SSSR count). The number of hydrogen-bond donors (Lipinski definition) is 2. The van der Waals surface area contributed by atoms with Crippen molar-refractivity contribution in [1.82, 2.24) is 24.3 Å². The number of carbonyl (C=O) groups is 1. The summed E-state index contributed by atoms with van der Waals surface area (Å²) < 4.78 is 15.8. The van der Waals surface area contributed by atoms with Crippen molar-refractivity contribution in [2.24, 2.45) is 12.0 Å². The number of carbonyl (C=O) groups excluding carboxylic acids is 1. The fraction of sp³-hybridized carbons (Fsp3) is 0.207. The van der Waals surface area contributed by atoms with Crippen LogP contribution in [0, 0.1) is 5.82 Å². The number of aliphatic imine (C=N–C) groups is 1. The number of benzene rings is 3. The molecule has 9 heteroatoms. The minimum atomic E-state index is -0.414. The fourth-order valence-corrected chi connectivity index (χ4v) is 4.45. The van der Waals surface area contributed by atoms with E-state index in [9.17, 15) is 14.3 Å². The van der Waals surface area contributed by atoms with Crippen LogP contribution in [0.5, 0.6) is 5.88 Å². The standard InChI is InChI=1S/C29H29FN6O2/c1-34(2)12-13-35(3)29(38)19-6-5-7-21(14-19)32-27(18-8-11-25-24(15-18)31-17-36(25)4)26-22-10-9-20(30)16-23(22)33-28(26)37/h5-11,14-17,33,37H,12-13H2,1-4H3. The molecule has 0 unspecified atom stereocenters. The van der Waals surface area contributed by atoms with Gasteiger partial charge in [0, 0.05) is 43.7 Å². The molecule has 0 fully saturated rings. The lowest BCUT2D eigenvalue weighted by Gasteiger charge is -2.19. The van der Waals surface area contributed by atoms with Gasteiger partial charge in [0.05, 0.1) is 39.8 Å². The number of fused-ring (bicyclic) bond motifs is 2. The summed E-state index contributed by atoms with van der Waals surface area (Å²) in [6.07, 6.45) is 1.74. The number of rotatable bonds is 7. The molecule has 0 saturated heterocycles. The Balaban J connectivity index is 1.64. The predicted molar refractivity (Wildman–Crippen MR) is 148 cm³/mol. The van der Waals surface area contributed by atoms with Gasteiger partial charge in [-0.25, -0.2) is 14.4 Å². The first-order valence-corrected chi connectivity index (χ1v) is 12.2. The van der Waals surface area contributed by atoms with Gasteiger partial charge in [0.25, 0.3) is 5.91 Å². The average molecular weight is 513 g/mol. The van der Waals surface area contributed by atoms with E-state index in [1.807, 2.05) is 54.9 Å². The number of imidazole rings is 1. The molecule has 8 nitrogen and oxygen atoms in total. The summed E-state index contributed by atoms with van der Waals surface area (Å²) in [6, 6.07) is 17.1. The molecule has 2 heterocycles. The molecular formula is C29H29FN6O2. The Hall–Kier alpha value is -4.50. The molecule has 0 radical (unpaired) electrons. The second-order valence-corrected chi connectivity index (χ2v) is 9.64. The summed E-state index contributed by atoms with van der Waals surface area (Å²) in [5.41, 5.74) is 4.86.